The van der Waals surface area contributed by atoms with Crippen LogP contribution >= 0.6 is 11.3 Å². The average Bonchev–Trinajstić information content (AvgIpc) is 3.08. The molecule has 0 radical (unpaired) electrons. The van der Waals surface area contributed by atoms with Crippen molar-refractivity contribution in [2.45, 2.75) is 40.0 Å². The van der Waals surface area contributed by atoms with Crippen LogP contribution in [0.1, 0.15) is 44.2 Å². The number of amides is 2. The number of hydrogen-bond acceptors (Lipinski definition) is 5. The molecule has 2 amide bonds. The van der Waals surface area contributed by atoms with Crippen molar-refractivity contribution in [2.24, 2.45) is 11.3 Å². The summed E-state index contributed by atoms with van der Waals surface area (Å²) in [6.45, 7) is 6.93. The molecule has 144 valence electrons. The normalized spacial score (nSPS) is 17.6. The van der Waals surface area contributed by atoms with E-state index in [0.717, 1.165) is 30.0 Å². The second-order valence-corrected chi connectivity index (χ2v) is 9.05. The van der Waals surface area contributed by atoms with Crippen molar-refractivity contribution in [3.8, 4) is 0 Å². The number of likely N-dealkylation sites (tertiary alicyclic amines) is 1. The van der Waals surface area contributed by atoms with Crippen LogP contribution in [0.3, 0.4) is 0 Å². The number of carbonyl (C=O) groups excluding carboxylic acids is 2. The zero-order valence-corrected chi connectivity index (χ0v) is 16.9. The molecule has 2 heterocycles. The van der Waals surface area contributed by atoms with Gasteiger partial charge in [0.15, 0.2) is 0 Å². The summed E-state index contributed by atoms with van der Waals surface area (Å²) in [6.07, 6.45) is 2.33. The summed E-state index contributed by atoms with van der Waals surface area (Å²) in [6, 6.07) is 10.1. The van der Waals surface area contributed by atoms with Crippen LogP contribution in [-0.4, -0.2) is 40.0 Å². The third-order valence-corrected chi connectivity index (χ3v) is 5.45. The number of anilines is 1. The van der Waals surface area contributed by atoms with Crippen molar-refractivity contribution in [1.29, 1.82) is 0 Å². The Morgan fingerprint density at radius 3 is 2.67 bits per heavy atom. The number of benzene rings is 1. The van der Waals surface area contributed by atoms with Crippen LogP contribution in [0, 0.1) is 11.3 Å². The predicted molar refractivity (Wildman–Crippen MR) is 107 cm³/mol. The zero-order chi connectivity index (χ0) is 19.4. The van der Waals surface area contributed by atoms with E-state index in [1.165, 1.54) is 11.3 Å². The topological polar surface area (TPSA) is 75.2 Å². The van der Waals surface area contributed by atoms with Crippen molar-refractivity contribution < 1.29 is 9.59 Å². The molecule has 0 bridgehead atoms. The van der Waals surface area contributed by atoms with Crippen LogP contribution in [0.2, 0.25) is 0 Å². The third-order valence-electron chi connectivity index (χ3n) is 4.62. The highest BCUT2D eigenvalue weighted by molar-refractivity contribution is 7.15. The molecular formula is C20H26N4O2S. The smallest absolute Gasteiger partial charge is 0.231 e. The Kier molecular flexibility index (Phi) is 5.89. The molecule has 0 spiro atoms. The molecule has 0 aliphatic carbocycles. The molecule has 7 heteroatoms. The molecule has 27 heavy (non-hydrogen) atoms. The molecule has 2 aromatic rings. The van der Waals surface area contributed by atoms with Gasteiger partial charge in [-0.3, -0.25) is 9.59 Å². The van der Waals surface area contributed by atoms with Crippen LogP contribution in [0.5, 0.6) is 0 Å². The van der Waals surface area contributed by atoms with Crippen LogP contribution in [-0.2, 0) is 16.0 Å². The van der Waals surface area contributed by atoms with E-state index in [9.17, 15) is 9.59 Å². The van der Waals surface area contributed by atoms with Gasteiger partial charge in [-0.1, -0.05) is 62.4 Å². The van der Waals surface area contributed by atoms with Crippen molar-refractivity contribution in [3.63, 3.8) is 0 Å². The molecule has 1 aliphatic heterocycles. The Labute approximate surface area is 164 Å². The van der Waals surface area contributed by atoms with Gasteiger partial charge in [-0.2, -0.15) is 0 Å². The maximum Gasteiger partial charge on any atom is 0.231 e. The van der Waals surface area contributed by atoms with Gasteiger partial charge in [0.05, 0.1) is 5.92 Å². The van der Waals surface area contributed by atoms with Gasteiger partial charge in [0.2, 0.25) is 16.9 Å². The minimum absolute atomic E-state index is 0.0798. The lowest BCUT2D eigenvalue weighted by Crippen LogP contribution is -2.47. The summed E-state index contributed by atoms with van der Waals surface area (Å²) in [5.74, 6) is -0.184. The van der Waals surface area contributed by atoms with Gasteiger partial charge in [-0.05, 0) is 18.4 Å². The molecule has 1 aliphatic rings. The summed E-state index contributed by atoms with van der Waals surface area (Å²) in [4.78, 5) is 27.0. The maximum atomic E-state index is 12.6. The molecule has 1 aromatic heterocycles. The molecule has 0 saturated carbocycles. The van der Waals surface area contributed by atoms with Crippen LogP contribution in [0.15, 0.2) is 30.3 Å². The van der Waals surface area contributed by atoms with E-state index in [1.807, 2.05) is 56.0 Å². The number of carbonyl (C=O) groups is 2. The van der Waals surface area contributed by atoms with Crippen molar-refractivity contribution >= 4 is 28.3 Å². The fraction of sp³-hybridized carbons (Fsp3) is 0.500. The summed E-state index contributed by atoms with van der Waals surface area (Å²) >= 11 is 1.40. The summed E-state index contributed by atoms with van der Waals surface area (Å²) in [5.41, 5.74) is 0.736. The molecule has 1 unspecified atom stereocenters. The first kappa shape index (κ1) is 19.5. The number of piperidine rings is 1. The molecule has 3 rings (SSSR count). The summed E-state index contributed by atoms with van der Waals surface area (Å²) in [7, 11) is 0. The molecule has 1 fully saturated rings. The first-order chi connectivity index (χ1) is 12.8. The van der Waals surface area contributed by atoms with Gasteiger partial charge in [0.1, 0.15) is 5.01 Å². The number of nitrogens with one attached hydrogen (secondary N) is 1. The standard InChI is InChI=1S/C20H26N4O2S/c1-20(2,3)18(26)24-11-7-10-15(13-24)17(25)21-19-23-22-16(27-19)12-14-8-5-4-6-9-14/h4-6,8-9,15H,7,10-13H2,1-3H3,(H,21,23,25). The fourth-order valence-corrected chi connectivity index (χ4v) is 3.98. The Morgan fingerprint density at radius 1 is 1.22 bits per heavy atom. The number of rotatable bonds is 4. The monoisotopic (exact) mass is 386 g/mol. The Bertz CT molecular complexity index is 798. The quantitative estimate of drug-likeness (QED) is 0.874. The van der Waals surface area contributed by atoms with Gasteiger partial charge >= 0.3 is 0 Å². The molecule has 1 saturated heterocycles. The van der Waals surface area contributed by atoms with Crippen molar-refractivity contribution in [2.75, 3.05) is 18.4 Å². The van der Waals surface area contributed by atoms with Gasteiger partial charge in [0, 0.05) is 24.9 Å². The van der Waals surface area contributed by atoms with E-state index in [4.69, 9.17) is 0 Å². The lowest BCUT2D eigenvalue weighted by Gasteiger charge is -2.35. The van der Waals surface area contributed by atoms with Gasteiger partial charge in [-0.25, -0.2) is 0 Å². The largest absolute Gasteiger partial charge is 0.341 e. The molecular weight excluding hydrogens is 360 g/mol. The predicted octanol–water partition coefficient (Wildman–Crippen LogP) is 3.35. The van der Waals surface area contributed by atoms with Crippen molar-refractivity contribution in [3.05, 3.63) is 40.9 Å². The Hall–Kier alpha value is -2.28. The molecule has 1 N–H and O–H groups in total. The van der Waals surface area contributed by atoms with Gasteiger partial charge in [0.25, 0.3) is 0 Å². The van der Waals surface area contributed by atoms with Crippen LogP contribution in [0.4, 0.5) is 5.13 Å². The Morgan fingerprint density at radius 2 is 1.96 bits per heavy atom. The summed E-state index contributed by atoms with van der Waals surface area (Å²) in [5, 5.41) is 12.5. The van der Waals surface area contributed by atoms with Crippen LogP contribution in [0.25, 0.3) is 0 Å². The highest BCUT2D eigenvalue weighted by Gasteiger charge is 2.33. The lowest BCUT2D eigenvalue weighted by atomic mass is 9.91. The molecule has 1 aromatic carbocycles. The third kappa shape index (κ3) is 5.13. The van der Waals surface area contributed by atoms with E-state index >= 15 is 0 Å². The fourth-order valence-electron chi connectivity index (χ4n) is 3.20. The van der Waals surface area contributed by atoms with Gasteiger partial charge < -0.3 is 10.2 Å². The molecule has 6 nitrogen and oxygen atoms in total. The maximum absolute atomic E-state index is 12.6. The highest BCUT2D eigenvalue weighted by atomic mass is 32.1. The second-order valence-electron chi connectivity index (χ2n) is 7.99. The average molecular weight is 387 g/mol. The van der Waals surface area contributed by atoms with E-state index in [0.29, 0.717) is 18.1 Å². The van der Waals surface area contributed by atoms with Crippen LogP contribution < -0.4 is 5.32 Å². The van der Waals surface area contributed by atoms with Gasteiger partial charge in [-0.15, -0.1) is 10.2 Å². The first-order valence-corrected chi connectivity index (χ1v) is 10.1. The highest BCUT2D eigenvalue weighted by Crippen LogP contribution is 2.25. The zero-order valence-electron chi connectivity index (χ0n) is 16.1. The number of aromatic nitrogens is 2. The van der Waals surface area contributed by atoms with E-state index < -0.39 is 5.41 Å². The van der Waals surface area contributed by atoms with E-state index in [2.05, 4.69) is 15.5 Å². The second kappa shape index (κ2) is 8.17. The number of hydrogen-bond donors (Lipinski definition) is 1. The van der Waals surface area contributed by atoms with E-state index in [1.54, 1.807) is 0 Å². The SMILES string of the molecule is CC(C)(C)C(=O)N1CCCC(C(=O)Nc2nnc(Cc3ccccc3)s2)C1. The Balaban J connectivity index is 1.58. The minimum Gasteiger partial charge on any atom is -0.341 e. The minimum atomic E-state index is -0.427. The number of nitrogens with zero attached hydrogens (tertiary/aromatic N) is 3. The summed E-state index contributed by atoms with van der Waals surface area (Å²) < 4.78 is 0. The first-order valence-electron chi connectivity index (χ1n) is 9.29. The molecule has 1 atom stereocenters. The van der Waals surface area contributed by atoms with Crippen molar-refractivity contribution in [1.82, 2.24) is 15.1 Å². The van der Waals surface area contributed by atoms with E-state index in [-0.39, 0.29) is 17.7 Å². The lowest BCUT2D eigenvalue weighted by molar-refractivity contribution is -0.142.